The number of benzene rings is 1. The van der Waals surface area contributed by atoms with E-state index in [1.165, 1.54) is 0 Å². The van der Waals surface area contributed by atoms with Gasteiger partial charge in [-0.3, -0.25) is 4.79 Å². The number of nitrogens with zero attached hydrogens (tertiary/aromatic N) is 4. The Morgan fingerprint density at radius 2 is 2.04 bits per heavy atom. The van der Waals surface area contributed by atoms with E-state index in [-0.39, 0.29) is 5.91 Å². The molecule has 5 nitrogen and oxygen atoms in total. The second-order valence-electron chi connectivity index (χ2n) is 6.04. The first-order chi connectivity index (χ1) is 11.7. The Kier molecular flexibility index (Phi) is 5.58. The molecule has 0 unspecified atom stereocenters. The zero-order valence-electron chi connectivity index (χ0n) is 14.3. The Balaban J connectivity index is 1.62. The predicted molar refractivity (Wildman–Crippen MR) is 97.2 cm³/mol. The molecule has 1 fully saturated rings. The molecule has 1 amide bonds. The normalized spacial score (nSPS) is 15.7. The fourth-order valence-corrected chi connectivity index (χ4v) is 3.76. The zero-order chi connectivity index (χ0) is 16.9. The van der Waals surface area contributed by atoms with Crippen molar-refractivity contribution in [2.75, 3.05) is 32.7 Å². The van der Waals surface area contributed by atoms with Gasteiger partial charge in [0.15, 0.2) is 5.16 Å². The van der Waals surface area contributed by atoms with Crippen LogP contribution in [0.3, 0.4) is 0 Å². The van der Waals surface area contributed by atoms with Gasteiger partial charge in [-0.2, -0.15) is 0 Å². The Morgan fingerprint density at radius 1 is 1.25 bits per heavy atom. The fourth-order valence-electron chi connectivity index (χ4n) is 2.88. The van der Waals surface area contributed by atoms with E-state index >= 15 is 0 Å². The van der Waals surface area contributed by atoms with Crippen LogP contribution in [-0.2, 0) is 12.8 Å². The van der Waals surface area contributed by atoms with E-state index in [1.54, 1.807) is 18.0 Å². The zero-order valence-corrected chi connectivity index (χ0v) is 15.1. The maximum Gasteiger partial charge on any atom is 0.253 e. The molecule has 6 heteroatoms. The lowest BCUT2D eigenvalue weighted by atomic mass is 10.1. The molecule has 0 saturated carbocycles. The smallest absolute Gasteiger partial charge is 0.253 e. The van der Waals surface area contributed by atoms with Gasteiger partial charge in [-0.05, 0) is 24.2 Å². The van der Waals surface area contributed by atoms with E-state index in [2.05, 4.69) is 22.9 Å². The largest absolute Gasteiger partial charge is 0.336 e. The summed E-state index contributed by atoms with van der Waals surface area (Å²) in [5.74, 6) is 0.963. The van der Waals surface area contributed by atoms with Crippen molar-refractivity contribution < 1.29 is 4.79 Å². The molecule has 1 saturated heterocycles. The van der Waals surface area contributed by atoms with Crippen LogP contribution in [0.2, 0.25) is 0 Å². The lowest BCUT2D eigenvalue weighted by Crippen LogP contribution is -2.48. The summed E-state index contributed by atoms with van der Waals surface area (Å²) in [6.45, 7) is 6.80. The molecule has 0 radical (unpaired) electrons. The highest BCUT2D eigenvalue weighted by Crippen LogP contribution is 2.21. The van der Waals surface area contributed by atoms with E-state index in [4.69, 9.17) is 0 Å². The molecule has 0 spiro atoms. The summed E-state index contributed by atoms with van der Waals surface area (Å²) >= 11 is 1.69. The molecular formula is C18H24N4OS. The number of piperazine rings is 1. The molecule has 0 atom stereocenters. The summed E-state index contributed by atoms with van der Waals surface area (Å²) in [5.41, 5.74) is 1.94. The van der Waals surface area contributed by atoms with Gasteiger partial charge in [0.2, 0.25) is 0 Å². The summed E-state index contributed by atoms with van der Waals surface area (Å²) in [7, 11) is 1.99. The number of hydrogen-bond donors (Lipinski definition) is 0. The predicted octanol–water partition coefficient (Wildman–Crippen LogP) is 2.49. The van der Waals surface area contributed by atoms with Crippen LogP contribution in [-0.4, -0.2) is 58.0 Å². The van der Waals surface area contributed by atoms with Gasteiger partial charge >= 0.3 is 0 Å². The van der Waals surface area contributed by atoms with Crippen LogP contribution in [0.25, 0.3) is 0 Å². The third kappa shape index (κ3) is 3.99. The number of thioether (sulfide) groups is 1. The van der Waals surface area contributed by atoms with Crippen molar-refractivity contribution in [2.24, 2.45) is 7.05 Å². The summed E-state index contributed by atoms with van der Waals surface area (Å²) < 4.78 is 2.01. The van der Waals surface area contributed by atoms with Crippen molar-refractivity contribution >= 4 is 17.7 Å². The monoisotopic (exact) mass is 344 g/mol. The molecule has 128 valence electrons. The van der Waals surface area contributed by atoms with Crippen LogP contribution in [0.15, 0.2) is 41.8 Å². The van der Waals surface area contributed by atoms with Crippen LogP contribution in [0.5, 0.6) is 0 Å². The number of amides is 1. The molecule has 1 aliphatic heterocycles. The first kappa shape index (κ1) is 17.0. The van der Waals surface area contributed by atoms with Gasteiger partial charge in [-0.15, -0.1) is 0 Å². The summed E-state index contributed by atoms with van der Waals surface area (Å²) in [4.78, 5) is 21.4. The van der Waals surface area contributed by atoms with Gasteiger partial charge in [-0.1, -0.05) is 30.8 Å². The molecule has 0 bridgehead atoms. The third-order valence-corrected chi connectivity index (χ3v) is 5.55. The molecule has 0 aliphatic carbocycles. The second kappa shape index (κ2) is 7.85. The molecule has 2 heterocycles. The number of carbonyl (C=O) groups is 1. The van der Waals surface area contributed by atoms with E-state index in [1.807, 2.05) is 40.9 Å². The van der Waals surface area contributed by atoms with Crippen LogP contribution < -0.4 is 0 Å². The van der Waals surface area contributed by atoms with E-state index in [0.717, 1.165) is 54.8 Å². The maximum atomic E-state index is 12.7. The van der Waals surface area contributed by atoms with Crippen LogP contribution in [0, 0.1) is 0 Å². The maximum absolute atomic E-state index is 12.7. The number of carbonyl (C=O) groups excluding carboxylic acids is 1. The number of aryl methyl sites for hydroxylation is 1. The number of aromatic nitrogens is 2. The van der Waals surface area contributed by atoms with Crippen molar-refractivity contribution in [3.8, 4) is 0 Å². The minimum Gasteiger partial charge on any atom is -0.336 e. The first-order valence-corrected chi connectivity index (χ1v) is 9.36. The Morgan fingerprint density at radius 3 is 2.71 bits per heavy atom. The highest BCUT2D eigenvalue weighted by molar-refractivity contribution is 7.98. The summed E-state index contributed by atoms with van der Waals surface area (Å²) in [5, 5.41) is 0.988. The third-order valence-electron chi connectivity index (χ3n) is 4.43. The molecule has 24 heavy (non-hydrogen) atoms. The highest BCUT2D eigenvalue weighted by Gasteiger charge is 2.21. The lowest BCUT2D eigenvalue weighted by Gasteiger charge is -2.34. The summed E-state index contributed by atoms with van der Waals surface area (Å²) in [6.07, 6.45) is 3.75. The van der Waals surface area contributed by atoms with Gasteiger partial charge in [-0.25, -0.2) is 4.98 Å². The number of hydrogen-bond acceptors (Lipinski definition) is 4. The Hall–Kier alpha value is -1.79. The fraction of sp³-hybridized carbons (Fsp3) is 0.444. The van der Waals surface area contributed by atoms with Crippen molar-refractivity contribution in [3.63, 3.8) is 0 Å². The molecule has 1 aliphatic rings. The molecule has 3 rings (SSSR count). The van der Waals surface area contributed by atoms with E-state index in [0.29, 0.717) is 0 Å². The number of likely N-dealkylation sites (N-methyl/N-ethyl adjacent to an activating group) is 1. The SMILES string of the molecule is CCN1CCN(C(=O)c2cccc(CSc3nccn3C)c2)CC1. The van der Waals surface area contributed by atoms with Crippen LogP contribution >= 0.6 is 11.8 Å². The minimum atomic E-state index is 0.148. The first-order valence-electron chi connectivity index (χ1n) is 8.38. The van der Waals surface area contributed by atoms with Crippen LogP contribution in [0.1, 0.15) is 22.8 Å². The minimum absolute atomic E-state index is 0.148. The summed E-state index contributed by atoms with van der Waals surface area (Å²) in [6, 6.07) is 7.99. The topological polar surface area (TPSA) is 41.4 Å². The van der Waals surface area contributed by atoms with Gasteiger partial charge in [0.1, 0.15) is 0 Å². The average molecular weight is 344 g/mol. The van der Waals surface area contributed by atoms with Gasteiger partial charge in [0.25, 0.3) is 5.91 Å². The molecule has 1 aromatic carbocycles. The van der Waals surface area contributed by atoms with Crippen LogP contribution in [0.4, 0.5) is 0 Å². The van der Waals surface area contributed by atoms with E-state index in [9.17, 15) is 4.79 Å². The quantitative estimate of drug-likeness (QED) is 0.782. The van der Waals surface area contributed by atoms with Gasteiger partial charge < -0.3 is 14.4 Å². The number of imidazole rings is 1. The second-order valence-corrected chi connectivity index (χ2v) is 6.98. The molecule has 1 aromatic heterocycles. The lowest BCUT2D eigenvalue weighted by molar-refractivity contribution is 0.0643. The molecule has 2 aromatic rings. The molecule has 0 N–H and O–H groups in total. The standard InChI is InChI=1S/C18H24N4OS/c1-3-21-9-11-22(12-10-21)17(23)16-6-4-5-15(13-16)14-24-18-19-7-8-20(18)2/h4-8,13H,3,9-12,14H2,1-2H3. The van der Waals surface area contributed by atoms with Gasteiger partial charge in [0.05, 0.1) is 0 Å². The van der Waals surface area contributed by atoms with Crippen molar-refractivity contribution in [3.05, 3.63) is 47.8 Å². The highest BCUT2D eigenvalue weighted by atomic mass is 32.2. The van der Waals surface area contributed by atoms with E-state index < -0.39 is 0 Å². The number of rotatable bonds is 5. The van der Waals surface area contributed by atoms with Crippen molar-refractivity contribution in [1.29, 1.82) is 0 Å². The Bertz CT molecular complexity index is 692. The Labute approximate surface area is 147 Å². The van der Waals surface area contributed by atoms with Gasteiger partial charge in [0, 0.05) is 56.9 Å². The van der Waals surface area contributed by atoms with Crippen molar-refractivity contribution in [2.45, 2.75) is 17.8 Å². The average Bonchev–Trinajstić information content (AvgIpc) is 3.04. The molecular weight excluding hydrogens is 320 g/mol. The van der Waals surface area contributed by atoms with Crippen molar-refractivity contribution in [1.82, 2.24) is 19.4 Å².